The fourth-order valence-corrected chi connectivity index (χ4v) is 1.70. The van der Waals surface area contributed by atoms with Crippen LogP contribution in [0.15, 0.2) is 60.7 Å². The Morgan fingerprint density at radius 3 is 1.81 bits per heavy atom. The molecular weight excluding hydrogens is 328 g/mol. The van der Waals surface area contributed by atoms with Crippen LogP contribution in [0.4, 0.5) is 11.4 Å². The topological polar surface area (TPSA) is 54.0 Å². The molecule has 0 radical (unpaired) electrons. The van der Waals surface area contributed by atoms with Crippen molar-refractivity contribution in [3.05, 3.63) is 60.7 Å². The second kappa shape index (κ2) is 19.2. The Labute approximate surface area is 159 Å². The second-order valence-corrected chi connectivity index (χ2v) is 5.12. The lowest BCUT2D eigenvalue weighted by molar-refractivity contribution is 0.168. The van der Waals surface area contributed by atoms with E-state index in [4.69, 9.17) is 14.6 Å². The Morgan fingerprint density at radius 1 is 0.885 bits per heavy atom. The molecule has 2 rings (SSSR count). The molecule has 0 aliphatic carbocycles. The zero-order chi connectivity index (χ0) is 18.8. The number of para-hydroxylation sites is 2. The number of benzene rings is 2. The van der Waals surface area contributed by atoms with Crippen LogP contribution in [0.1, 0.15) is 27.7 Å². The molecule has 26 heavy (non-hydrogen) atoms. The first-order valence-electron chi connectivity index (χ1n) is 8.41. The SMILES string of the molecule is C.CCC.COCN(CO)c1ccccc1.COCNc1ccccc1. The van der Waals surface area contributed by atoms with E-state index in [1.807, 2.05) is 60.7 Å². The molecule has 0 amide bonds. The highest BCUT2D eigenvalue weighted by Crippen LogP contribution is 2.11. The number of rotatable bonds is 7. The highest BCUT2D eigenvalue weighted by molar-refractivity contribution is 5.44. The standard InChI is InChI=1S/C9H13NO2.C8H11NO.C3H8.CH4/c1-12-8-10(7-11)9-5-3-2-4-6-9;1-10-7-9-8-5-3-2-4-6-8;1-3-2;/h2-6,11H,7-8H2,1H3;2-6,9H,7H2,1H3;3H2,1-2H3;1H4. The predicted molar refractivity (Wildman–Crippen MR) is 113 cm³/mol. The van der Waals surface area contributed by atoms with E-state index >= 15 is 0 Å². The molecular formula is C21H36N2O3. The summed E-state index contributed by atoms with van der Waals surface area (Å²) in [5.74, 6) is 0. The predicted octanol–water partition coefficient (Wildman–Crippen LogP) is 4.80. The third-order valence-corrected chi connectivity index (χ3v) is 2.77. The molecule has 2 aromatic rings. The Kier molecular flexibility index (Phi) is 19.4. The van der Waals surface area contributed by atoms with Crippen LogP contribution in [-0.4, -0.2) is 39.5 Å². The fraction of sp³-hybridized carbons (Fsp3) is 0.429. The van der Waals surface area contributed by atoms with E-state index in [0.717, 1.165) is 11.4 Å². The van der Waals surface area contributed by atoms with Gasteiger partial charge >= 0.3 is 0 Å². The van der Waals surface area contributed by atoms with E-state index in [9.17, 15) is 0 Å². The normalized spacial score (nSPS) is 8.81. The van der Waals surface area contributed by atoms with E-state index in [1.165, 1.54) is 6.42 Å². The number of methoxy groups -OCH3 is 2. The average Bonchev–Trinajstić information content (AvgIpc) is 2.67. The molecule has 0 atom stereocenters. The van der Waals surface area contributed by atoms with Crippen molar-refractivity contribution in [3.63, 3.8) is 0 Å². The van der Waals surface area contributed by atoms with Crippen LogP contribution >= 0.6 is 0 Å². The van der Waals surface area contributed by atoms with Crippen molar-refractivity contribution in [1.29, 1.82) is 0 Å². The van der Waals surface area contributed by atoms with Crippen molar-refractivity contribution in [2.24, 2.45) is 0 Å². The first-order valence-corrected chi connectivity index (χ1v) is 8.41. The van der Waals surface area contributed by atoms with Gasteiger partial charge in [0, 0.05) is 25.6 Å². The summed E-state index contributed by atoms with van der Waals surface area (Å²) < 4.78 is 9.75. The van der Waals surface area contributed by atoms with E-state index < -0.39 is 0 Å². The average molecular weight is 365 g/mol. The van der Waals surface area contributed by atoms with Crippen LogP contribution in [0.2, 0.25) is 0 Å². The van der Waals surface area contributed by atoms with Gasteiger partial charge < -0.3 is 24.8 Å². The van der Waals surface area contributed by atoms with Gasteiger partial charge in [-0.3, -0.25) is 0 Å². The van der Waals surface area contributed by atoms with Gasteiger partial charge in [-0.1, -0.05) is 64.1 Å². The Bertz CT molecular complexity index is 495. The Balaban J connectivity index is 0. The van der Waals surface area contributed by atoms with Gasteiger partial charge in [-0.15, -0.1) is 0 Å². The molecule has 0 aromatic heterocycles. The molecule has 0 heterocycles. The van der Waals surface area contributed by atoms with E-state index in [0.29, 0.717) is 13.5 Å². The summed E-state index contributed by atoms with van der Waals surface area (Å²) in [6, 6.07) is 19.6. The molecule has 0 fully saturated rings. The summed E-state index contributed by atoms with van der Waals surface area (Å²) in [6.45, 7) is 5.18. The maximum Gasteiger partial charge on any atom is 0.120 e. The number of nitrogens with zero attached hydrogens (tertiary/aromatic N) is 1. The summed E-state index contributed by atoms with van der Waals surface area (Å²) in [4.78, 5) is 1.72. The van der Waals surface area contributed by atoms with Crippen molar-refractivity contribution in [2.75, 3.05) is 44.6 Å². The molecule has 0 unspecified atom stereocenters. The summed E-state index contributed by atoms with van der Waals surface area (Å²) in [6.07, 6.45) is 1.25. The number of nitrogens with one attached hydrogen (secondary N) is 1. The van der Waals surface area contributed by atoms with Crippen LogP contribution < -0.4 is 10.2 Å². The number of hydrogen-bond acceptors (Lipinski definition) is 5. The lowest BCUT2D eigenvalue weighted by Crippen LogP contribution is -2.26. The Hall–Kier alpha value is -2.08. The van der Waals surface area contributed by atoms with Crippen LogP contribution in [0.3, 0.4) is 0 Å². The largest absolute Gasteiger partial charge is 0.376 e. The summed E-state index contributed by atoms with van der Waals surface area (Å²) in [5, 5.41) is 12.0. The van der Waals surface area contributed by atoms with Crippen molar-refractivity contribution < 1.29 is 14.6 Å². The highest BCUT2D eigenvalue weighted by atomic mass is 16.5. The number of aliphatic hydroxyl groups is 1. The minimum Gasteiger partial charge on any atom is -0.376 e. The molecule has 5 heteroatoms. The van der Waals surface area contributed by atoms with Crippen molar-refractivity contribution in [2.45, 2.75) is 27.7 Å². The number of ether oxygens (including phenoxy) is 2. The van der Waals surface area contributed by atoms with Gasteiger partial charge in [0.15, 0.2) is 0 Å². The maximum atomic E-state index is 8.96. The van der Waals surface area contributed by atoms with Gasteiger partial charge in [-0.25, -0.2) is 0 Å². The third kappa shape index (κ3) is 13.2. The lowest BCUT2D eigenvalue weighted by atomic mass is 10.3. The van der Waals surface area contributed by atoms with Gasteiger partial charge in [0.05, 0.1) is 0 Å². The summed E-state index contributed by atoms with van der Waals surface area (Å²) in [7, 11) is 3.27. The number of hydrogen-bond donors (Lipinski definition) is 2. The first kappa shape index (κ1) is 26.2. The van der Waals surface area contributed by atoms with Crippen LogP contribution in [0.5, 0.6) is 0 Å². The Morgan fingerprint density at radius 2 is 1.38 bits per heavy atom. The number of anilines is 2. The first-order chi connectivity index (χ1) is 12.2. The minimum absolute atomic E-state index is 0. The third-order valence-electron chi connectivity index (χ3n) is 2.77. The van der Waals surface area contributed by atoms with Crippen LogP contribution in [0.25, 0.3) is 0 Å². The summed E-state index contributed by atoms with van der Waals surface area (Å²) in [5.41, 5.74) is 2.05. The smallest absolute Gasteiger partial charge is 0.120 e. The molecule has 0 bridgehead atoms. The highest BCUT2D eigenvalue weighted by Gasteiger charge is 2.01. The minimum atomic E-state index is -0.0299. The quantitative estimate of drug-likeness (QED) is 0.691. The van der Waals surface area contributed by atoms with Crippen molar-refractivity contribution in [1.82, 2.24) is 0 Å². The summed E-state index contributed by atoms with van der Waals surface area (Å²) >= 11 is 0. The van der Waals surface area contributed by atoms with Gasteiger partial charge in [0.2, 0.25) is 0 Å². The molecule has 0 aliphatic rings. The van der Waals surface area contributed by atoms with Crippen molar-refractivity contribution in [3.8, 4) is 0 Å². The zero-order valence-corrected chi connectivity index (χ0v) is 15.8. The lowest BCUT2D eigenvalue weighted by Gasteiger charge is -2.20. The zero-order valence-electron chi connectivity index (χ0n) is 15.8. The molecule has 0 saturated carbocycles. The van der Waals surface area contributed by atoms with Gasteiger partial charge in [0.1, 0.15) is 20.2 Å². The molecule has 5 nitrogen and oxygen atoms in total. The van der Waals surface area contributed by atoms with Crippen LogP contribution in [-0.2, 0) is 9.47 Å². The molecule has 0 saturated heterocycles. The number of aliphatic hydroxyl groups excluding tert-OH is 1. The maximum absolute atomic E-state index is 8.96. The van der Waals surface area contributed by atoms with E-state index in [1.54, 1.807) is 19.1 Å². The van der Waals surface area contributed by atoms with Crippen LogP contribution in [0, 0.1) is 0 Å². The molecule has 148 valence electrons. The molecule has 2 N–H and O–H groups in total. The van der Waals surface area contributed by atoms with Gasteiger partial charge in [-0.2, -0.15) is 0 Å². The van der Waals surface area contributed by atoms with Crippen molar-refractivity contribution >= 4 is 11.4 Å². The molecule has 0 spiro atoms. The van der Waals surface area contributed by atoms with Gasteiger partial charge in [-0.05, 0) is 24.3 Å². The van der Waals surface area contributed by atoms with E-state index in [2.05, 4.69) is 19.2 Å². The molecule has 0 aliphatic heterocycles. The monoisotopic (exact) mass is 364 g/mol. The second-order valence-electron chi connectivity index (χ2n) is 5.12. The molecule has 2 aromatic carbocycles. The van der Waals surface area contributed by atoms with E-state index in [-0.39, 0.29) is 14.2 Å². The fourth-order valence-electron chi connectivity index (χ4n) is 1.70. The van der Waals surface area contributed by atoms with Gasteiger partial charge in [0.25, 0.3) is 0 Å².